The number of amides is 1. The van der Waals surface area contributed by atoms with Crippen LogP contribution in [-0.4, -0.2) is 35.4 Å². The Kier molecular flexibility index (Phi) is 5.59. The number of nitrogens with zero attached hydrogens (tertiary/aromatic N) is 2. The van der Waals surface area contributed by atoms with Crippen LogP contribution < -0.4 is 5.32 Å². The Hall–Kier alpha value is -2.20. The molecule has 1 aromatic heterocycles. The average molecular weight is 323 g/mol. The lowest BCUT2D eigenvalue weighted by molar-refractivity contribution is -0.134. The van der Waals surface area contributed by atoms with Crippen LogP contribution in [0.1, 0.15) is 36.1 Å². The van der Waals surface area contributed by atoms with Crippen LogP contribution in [0.5, 0.6) is 0 Å². The molecule has 0 saturated carbocycles. The molecule has 4 nitrogen and oxygen atoms in total. The molecule has 0 aliphatic carbocycles. The number of benzene rings is 1. The summed E-state index contributed by atoms with van der Waals surface area (Å²) in [7, 11) is 0. The van der Waals surface area contributed by atoms with Crippen molar-refractivity contribution in [3.63, 3.8) is 0 Å². The molecule has 1 N–H and O–H groups in total. The van der Waals surface area contributed by atoms with Crippen LogP contribution in [-0.2, 0) is 17.6 Å². The van der Waals surface area contributed by atoms with Crippen molar-refractivity contribution in [1.82, 2.24) is 15.2 Å². The molecule has 2 aromatic rings. The monoisotopic (exact) mass is 323 g/mol. The quantitative estimate of drug-likeness (QED) is 0.920. The van der Waals surface area contributed by atoms with Crippen molar-refractivity contribution in [2.45, 2.75) is 32.2 Å². The highest BCUT2D eigenvalue weighted by atomic mass is 16.2. The van der Waals surface area contributed by atoms with Gasteiger partial charge in [0, 0.05) is 38.4 Å². The minimum atomic E-state index is 0.0856. The van der Waals surface area contributed by atoms with Gasteiger partial charge in [-0.1, -0.05) is 37.3 Å². The standard InChI is InChI=1S/C20H25N3O/c1-2-16-5-7-17(8-6-16)9-10-20(24)23-13-12-22-15-19(23)18-4-3-11-21-14-18/h3-8,11,14,19,22H,2,9-10,12-13,15H2,1H3. The van der Waals surface area contributed by atoms with Gasteiger partial charge in [-0.05, 0) is 35.6 Å². The predicted molar refractivity (Wildman–Crippen MR) is 95.7 cm³/mol. The molecule has 1 atom stereocenters. The first-order chi connectivity index (χ1) is 11.8. The van der Waals surface area contributed by atoms with Gasteiger partial charge in [0.1, 0.15) is 0 Å². The third-order valence-electron chi connectivity index (χ3n) is 4.69. The maximum atomic E-state index is 12.8. The largest absolute Gasteiger partial charge is 0.333 e. The Morgan fingerprint density at radius 3 is 2.75 bits per heavy atom. The summed E-state index contributed by atoms with van der Waals surface area (Å²) in [6, 6.07) is 12.7. The lowest BCUT2D eigenvalue weighted by Crippen LogP contribution is -2.48. The maximum absolute atomic E-state index is 12.8. The number of carbonyl (C=O) groups excluding carboxylic acids is 1. The van der Waals surface area contributed by atoms with Crippen molar-refractivity contribution >= 4 is 5.91 Å². The molecular weight excluding hydrogens is 298 g/mol. The summed E-state index contributed by atoms with van der Waals surface area (Å²) >= 11 is 0. The zero-order chi connectivity index (χ0) is 16.8. The van der Waals surface area contributed by atoms with E-state index in [0.717, 1.165) is 38.0 Å². The Morgan fingerprint density at radius 2 is 2.04 bits per heavy atom. The molecule has 3 rings (SSSR count). The van der Waals surface area contributed by atoms with Crippen LogP contribution >= 0.6 is 0 Å². The fraction of sp³-hybridized carbons (Fsp3) is 0.400. The fourth-order valence-corrected chi connectivity index (χ4v) is 3.21. The molecule has 1 fully saturated rings. The molecule has 24 heavy (non-hydrogen) atoms. The van der Waals surface area contributed by atoms with E-state index < -0.39 is 0 Å². The van der Waals surface area contributed by atoms with Crippen LogP contribution in [0, 0.1) is 0 Å². The first-order valence-corrected chi connectivity index (χ1v) is 8.76. The van der Waals surface area contributed by atoms with Gasteiger partial charge < -0.3 is 10.2 Å². The number of hydrogen-bond donors (Lipinski definition) is 1. The molecule has 4 heteroatoms. The van der Waals surface area contributed by atoms with Crippen LogP contribution in [0.2, 0.25) is 0 Å². The third kappa shape index (κ3) is 4.01. The molecule has 1 aliphatic rings. The van der Waals surface area contributed by atoms with Gasteiger partial charge in [0.25, 0.3) is 0 Å². The lowest BCUT2D eigenvalue weighted by Gasteiger charge is -2.36. The molecule has 1 aromatic carbocycles. The highest BCUT2D eigenvalue weighted by Gasteiger charge is 2.27. The molecule has 1 unspecified atom stereocenters. The number of hydrogen-bond acceptors (Lipinski definition) is 3. The third-order valence-corrected chi connectivity index (χ3v) is 4.69. The SMILES string of the molecule is CCc1ccc(CCC(=O)N2CCNCC2c2cccnc2)cc1. The van der Waals surface area contributed by atoms with Crippen LogP contribution in [0.4, 0.5) is 0 Å². The van der Waals surface area contributed by atoms with Crippen molar-refractivity contribution < 1.29 is 4.79 Å². The number of rotatable bonds is 5. The number of aryl methyl sites for hydroxylation is 2. The second-order valence-corrected chi connectivity index (χ2v) is 6.26. The van der Waals surface area contributed by atoms with Gasteiger partial charge in [0.2, 0.25) is 5.91 Å². The van der Waals surface area contributed by atoms with Crippen molar-refractivity contribution in [1.29, 1.82) is 0 Å². The number of piperazine rings is 1. The van der Waals surface area contributed by atoms with E-state index >= 15 is 0 Å². The van der Waals surface area contributed by atoms with E-state index in [1.807, 2.05) is 17.2 Å². The van der Waals surface area contributed by atoms with Gasteiger partial charge in [-0.25, -0.2) is 0 Å². The summed E-state index contributed by atoms with van der Waals surface area (Å²) in [5, 5.41) is 3.38. The van der Waals surface area contributed by atoms with Crippen molar-refractivity contribution in [2.75, 3.05) is 19.6 Å². The van der Waals surface area contributed by atoms with Crippen molar-refractivity contribution in [3.8, 4) is 0 Å². The van der Waals surface area contributed by atoms with E-state index in [2.05, 4.69) is 47.6 Å². The topological polar surface area (TPSA) is 45.2 Å². The first-order valence-electron chi connectivity index (χ1n) is 8.76. The van der Waals surface area contributed by atoms with E-state index in [9.17, 15) is 4.79 Å². The zero-order valence-electron chi connectivity index (χ0n) is 14.2. The van der Waals surface area contributed by atoms with E-state index in [4.69, 9.17) is 0 Å². The second-order valence-electron chi connectivity index (χ2n) is 6.26. The highest BCUT2D eigenvalue weighted by Crippen LogP contribution is 2.22. The summed E-state index contributed by atoms with van der Waals surface area (Å²) in [5.74, 6) is 0.227. The van der Waals surface area contributed by atoms with E-state index in [1.54, 1.807) is 6.20 Å². The van der Waals surface area contributed by atoms with Gasteiger partial charge in [0.15, 0.2) is 0 Å². The number of carbonyl (C=O) groups is 1. The van der Waals surface area contributed by atoms with Crippen molar-refractivity contribution in [3.05, 3.63) is 65.5 Å². The molecular formula is C20H25N3O. The summed E-state index contributed by atoms with van der Waals surface area (Å²) in [4.78, 5) is 19.0. The van der Waals surface area contributed by atoms with E-state index in [0.29, 0.717) is 6.42 Å². The van der Waals surface area contributed by atoms with Gasteiger partial charge >= 0.3 is 0 Å². The summed E-state index contributed by atoms with van der Waals surface area (Å²) < 4.78 is 0. The summed E-state index contributed by atoms with van der Waals surface area (Å²) in [6.45, 7) is 4.56. The normalized spacial score (nSPS) is 17.7. The Morgan fingerprint density at radius 1 is 1.25 bits per heavy atom. The minimum Gasteiger partial charge on any atom is -0.333 e. The molecule has 0 radical (unpaired) electrons. The Labute approximate surface area is 143 Å². The van der Waals surface area contributed by atoms with Gasteiger partial charge in [-0.3, -0.25) is 9.78 Å². The number of aromatic nitrogens is 1. The molecule has 0 bridgehead atoms. The lowest BCUT2D eigenvalue weighted by atomic mass is 10.0. The summed E-state index contributed by atoms with van der Waals surface area (Å²) in [6.07, 6.45) is 6.04. The van der Waals surface area contributed by atoms with Crippen LogP contribution in [0.15, 0.2) is 48.8 Å². The molecule has 126 valence electrons. The molecule has 1 aliphatic heterocycles. The minimum absolute atomic E-state index is 0.0856. The van der Waals surface area contributed by atoms with Crippen LogP contribution in [0.25, 0.3) is 0 Å². The average Bonchev–Trinajstić information content (AvgIpc) is 2.67. The Bertz CT molecular complexity index is 654. The van der Waals surface area contributed by atoms with Crippen molar-refractivity contribution in [2.24, 2.45) is 0 Å². The number of pyridine rings is 1. The van der Waals surface area contributed by atoms with E-state index in [-0.39, 0.29) is 11.9 Å². The molecule has 1 saturated heterocycles. The molecule has 2 heterocycles. The molecule has 1 amide bonds. The molecule has 0 spiro atoms. The van der Waals surface area contributed by atoms with Gasteiger partial charge in [-0.2, -0.15) is 0 Å². The zero-order valence-corrected chi connectivity index (χ0v) is 14.2. The van der Waals surface area contributed by atoms with E-state index in [1.165, 1.54) is 11.1 Å². The first kappa shape index (κ1) is 16.7. The fourth-order valence-electron chi connectivity index (χ4n) is 3.21. The smallest absolute Gasteiger partial charge is 0.223 e. The predicted octanol–water partition coefficient (Wildman–Crippen LogP) is 2.75. The highest BCUT2D eigenvalue weighted by molar-refractivity contribution is 5.77. The second kappa shape index (κ2) is 8.06. The maximum Gasteiger partial charge on any atom is 0.223 e. The number of nitrogens with one attached hydrogen (secondary N) is 1. The van der Waals surface area contributed by atoms with Crippen LogP contribution in [0.3, 0.4) is 0 Å². The Balaban J connectivity index is 1.63. The van der Waals surface area contributed by atoms with Gasteiger partial charge in [0.05, 0.1) is 6.04 Å². The summed E-state index contributed by atoms with van der Waals surface area (Å²) in [5.41, 5.74) is 3.67. The van der Waals surface area contributed by atoms with Gasteiger partial charge in [-0.15, -0.1) is 0 Å².